The molecule has 1 aromatic rings. The maximum Gasteiger partial charge on any atom is 0.328 e. The fraction of sp³-hybridized carbons (Fsp3) is 0.667. The number of aromatic amines is 1. The van der Waals surface area contributed by atoms with Gasteiger partial charge in [0.15, 0.2) is 0 Å². The summed E-state index contributed by atoms with van der Waals surface area (Å²) in [6.07, 6.45) is 0.908. The number of aryl methyl sites for hydroxylation is 1. The van der Waals surface area contributed by atoms with Crippen molar-refractivity contribution in [3.63, 3.8) is 0 Å². The molecule has 0 fully saturated rings. The topological polar surface area (TPSA) is 120 Å². The molecule has 0 saturated heterocycles. The van der Waals surface area contributed by atoms with E-state index in [1.54, 1.807) is 6.92 Å². The zero-order valence-electron chi connectivity index (χ0n) is 12.8. The third-order valence-corrected chi connectivity index (χ3v) is 3.36. The van der Waals surface area contributed by atoms with E-state index in [0.29, 0.717) is 5.56 Å². The summed E-state index contributed by atoms with van der Waals surface area (Å²) in [5, 5.41) is 0. The maximum absolute atomic E-state index is 11.6. The first-order valence-corrected chi connectivity index (χ1v) is 8.61. The van der Waals surface area contributed by atoms with Gasteiger partial charge < -0.3 is 18.9 Å². The fourth-order valence-electron chi connectivity index (χ4n) is 1.65. The highest BCUT2D eigenvalue weighted by atomic mass is 31.2. The summed E-state index contributed by atoms with van der Waals surface area (Å²) in [4.78, 5) is 34.1. The van der Waals surface area contributed by atoms with E-state index >= 15 is 0 Å². The van der Waals surface area contributed by atoms with Crippen LogP contribution in [0.2, 0.25) is 0 Å². The smallest absolute Gasteiger partial charge is 0.328 e. The summed E-state index contributed by atoms with van der Waals surface area (Å²) in [5.74, 6) is 0. The van der Waals surface area contributed by atoms with Gasteiger partial charge in [-0.05, 0) is 6.92 Å². The largest absolute Gasteiger partial charge is 0.382 e. The second-order valence-electron chi connectivity index (χ2n) is 4.81. The number of hydrogen-bond donors (Lipinski definition) is 2. The van der Waals surface area contributed by atoms with E-state index in [1.807, 2.05) is 0 Å². The van der Waals surface area contributed by atoms with Crippen LogP contribution in [0.4, 0.5) is 0 Å². The number of ether oxygens (including phenoxy) is 2. The molecule has 0 aromatic carbocycles. The van der Waals surface area contributed by atoms with Crippen LogP contribution in [-0.4, -0.2) is 54.1 Å². The molecule has 2 atom stereocenters. The molecule has 0 bridgehead atoms. The Balaban J connectivity index is 2.56. The number of H-pyrrole nitrogens is 1. The molecule has 126 valence electrons. The normalized spacial score (nSPS) is 15.5. The highest BCUT2D eigenvalue weighted by Crippen LogP contribution is 2.36. The lowest BCUT2D eigenvalue weighted by Crippen LogP contribution is -2.33. The Morgan fingerprint density at radius 1 is 1.41 bits per heavy atom. The lowest BCUT2D eigenvalue weighted by atomic mass is 10.4. The maximum atomic E-state index is 11.6. The van der Waals surface area contributed by atoms with Crippen LogP contribution in [0.3, 0.4) is 0 Å². The van der Waals surface area contributed by atoms with Gasteiger partial charge in [0.05, 0.1) is 26.4 Å². The van der Waals surface area contributed by atoms with Gasteiger partial charge in [0.1, 0.15) is 6.10 Å². The molecule has 0 spiro atoms. The average molecular weight is 336 g/mol. The second kappa shape index (κ2) is 8.40. The minimum Gasteiger partial charge on any atom is -0.382 e. The molecule has 1 heterocycles. The van der Waals surface area contributed by atoms with Crippen molar-refractivity contribution in [2.75, 3.05) is 33.6 Å². The van der Waals surface area contributed by atoms with E-state index in [2.05, 4.69) is 4.98 Å². The second-order valence-corrected chi connectivity index (χ2v) is 6.68. The Hall–Kier alpha value is -1.25. The molecule has 10 heteroatoms. The summed E-state index contributed by atoms with van der Waals surface area (Å²) in [5.41, 5.74) is -0.523. The van der Waals surface area contributed by atoms with Crippen LogP contribution in [0.1, 0.15) is 5.56 Å². The lowest BCUT2D eigenvalue weighted by Gasteiger charge is -2.18. The SMILES string of the molecule is COC[C@H](COP(C)(=O)O)OCCn1cc(C)c(=O)[nH]c1=O. The van der Waals surface area contributed by atoms with E-state index in [1.165, 1.54) is 17.9 Å². The number of rotatable bonds is 9. The molecule has 0 aliphatic carbocycles. The molecule has 0 aliphatic rings. The Labute approximate surface area is 127 Å². The molecule has 9 nitrogen and oxygen atoms in total. The summed E-state index contributed by atoms with van der Waals surface area (Å²) in [6.45, 7) is 3.13. The van der Waals surface area contributed by atoms with Crippen LogP contribution < -0.4 is 11.2 Å². The van der Waals surface area contributed by atoms with Crippen molar-refractivity contribution >= 4 is 7.60 Å². The summed E-state index contributed by atoms with van der Waals surface area (Å²) < 4.78 is 27.6. The van der Waals surface area contributed by atoms with Gasteiger partial charge in [-0.2, -0.15) is 0 Å². The van der Waals surface area contributed by atoms with E-state index < -0.39 is 24.9 Å². The van der Waals surface area contributed by atoms with Crippen molar-refractivity contribution in [2.24, 2.45) is 0 Å². The summed E-state index contributed by atoms with van der Waals surface area (Å²) in [7, 11) is -2.11. The van der Waals surface area contributed by atoms with Crippen molar-refractivity contribution in [3.8, 4) is 0 Å². The molecule has 0 saturated carbocycles. The van der Waals surface area contributed by atoms with Gasteiger partial charge in [0, 0.05) is 25.5 Å². The van der Waals surface area contributed by atoms with Gasteiger partial charge >= 0.3 is 13.3 Å². The third kappa shape index (κ3) is 6.67. The van der Waals surface area contributed by atoms with E-state index in [0.717, 1.165) is 6.66 Å². The van der Waals surface area contributed by atoms with E-state index in [4.69, 9.17) is 18.9 Å². The molecular weight excluding hydrogens is 315 g/mol. The number of nitrogens with one attached hydrogen (secondary N) is 1. The van der Waals surface area contributed by atoms with Gasteiger partial charge in [0.2, 0.25) is 0 Å². The highest BCUT2D eigenvalue weighted by molar-refractivity contribution is 7.51. The van der Waals surface area contributed by atoms with Crippen molar-refractivity contribution in [3.05, 3.63) is 32.6 Å². The molecule has 1 unspecified atom stereocenters. The Bertz CT molecular complexity index is 633. The van der Waals surface area contributed by atoms with Crippen LogP contribution >= 0.6 is 7.60 Å². The van der Waals surface area contributed by atoms with E-state index in [-0.39, 0.29) is 26.4 Å². The third-order valence-electron chi connectivity index (χ3n) is 2.73. The predicted molar refractivity (Wildman–Crippen MR) is 79.4 cm³/mol. The Morgan fingerprint density at radius 3 is 2.68 bits per heavy atom. The van der Waals surface area contributed by atoms with Crippen LogP contribution in [0, 0.1) is 6.92 Å². The molecule has 22 heavy (non-hydrogen) atoms. The van der Waals surface area contributed by atoms with Crippen LogP contribution in [-0.2, 0) is 25.1 Å². The quantitative estimate of drug-likeness (QED) is 0.595. The Kier molecular flexibility index (Phi) is 7.18. The van der Waals surface area contributed by atoms with Crippen molar-refractivity contribution < 1.29 is 23.5 Å². The molecular formula is C12H21N2O7P. The zero-order valence-corrected chi connectivity index (χ0v) is 13.7. The first-order valence-electron chi connectivity index (χ1n) is 6.58. The zero-order chi connectivity index (χ0) is 16.8. The van der Waals surface area contributed by atoms with Gasteiger partial charge in [0.25, 0.3) is 5.56 Å². The fourth-order valence-corrected chi connectivity index (χ4v) is 2.10. The minimum atomic E-state index is -3.58. The molecule has 2 N–H and O–H groups in total. The van der Waals surface area contributed by atoms with Gasteiger partial charge in [-0.3, -0.25) is 18.9 Å². The van der Waals surface area contributed by atoms with Crippen molar-refractivity contribution in [1.29, 1.82) is 0 Å². The number of aromatic nitrogens is 2. The van der Waals surface area contributed by atoms with Crippen molar-refractivity contribution in [1.82, 2.24) is 9.55 Å². The van der Waals surface area contributed by atoms with Gasteiger partial charge in [-0.1, -0.05) is 0 Å². The van der Waals surface area contributed by atoms with Crippen LogP contribution in [0.5, 0.6) is 0 Å². The lowest BCUT2D eigenvalue weighted by molar-refractivity contribution is -0.0297. The standard InChI is InChI=1S/C12H21N2O7P/c1-9-6-14(12(16)13-11(9)15)4-5-20-10(7-19-2)8-21-22(3,17)18/h6,10H,4-5,7-8H2,1-3H3,(H,17,18)(H,13,15,16)/t10-/m1/s1. The number of hydrogen-bond acceptors (Lipinski definition) is 6. The highest BCUT2D eigenvalue weighted by Gasteiger charge is 2.16. The molecule has 1 aromatic heterocycles. The minimum absolute atomic E-state index is 0.0995. The molecule has 0 aliphatic heterocycles. The molecule has 0 radical (unpaired) electrons. The summed E-state index contributed by atoms with van der Waals surface area (Å²) >= 11 is 0. The summed E-state index contributed by atoms with van der Waals surface area (Å²) in [6, 6.07) is 0. The van der Waals surface area contributed by atoms with Gasteiger partial charge in [-0.25, -0.2) is 4.79 Å². The van der Waals surface area contributed by atoms with Crippen LogP contribution in [0.25, 0.3) is 0 Å². The molecule has 0 amide bonds. The van der Waals surface area contributed by atoms with Crippen LogP contribution in [0.15, 0.2) is 15.8 Å². The average Bonchev–Trinajstić information content (AvgIpc) is 2.40. The Morgan fingerprint density at radius 2 is 2.09 bits per heavy atom. The number of methoxy groups -OCH3 is 1. The monoisotopic (exact) mass is 336 g/mol. The predicted octanol–water partition coefficient (Wildman–Crippen LogP) is -0.292. The number of nitrogens with zero attached hydrogens (tertiary/aromatic N) is 1. The van der Waals surface area contributed by atoms with Gasteiger partial charge in [-0.15, -0.1) is 0 Å². The first kappa shape index (κ1) is 18.8. The first-order chi connectivity index (χ1) is 10.2. The van der Waals surface area contributed by atoms with Crippen molar-refractivity contribution in [2.45, 2.75) is 19.6 Å². The van der Waals surface area contributed by atoms with E-state index in [9.17, 15) is 14.2 Å². The molecule has 1 rings (SSSR count).